The van der Waals surface area contributed by atoms with E-state index in [1.165, 1.54) is 20.6 Å². The average Bonchev–Trinajstić information content (AvgIpc) is 3.83. The Kier molecular flexibility index (Phi) is 5.11. The number of benzene rings is 7. The molecule has 0 bridgehead atoms. The number of fused-ring (bicyclic) bond motifs is 13. The van der Waals surface area contributed by atoms with E-state index in [1.807, 2.05) is 6.07 Å². The van der Waals surface area contributed by atoms with Gasteiger partial charge < -0.3 is 8.98 Å². The van der Waals surface area contributed by atoms with Crippen LogP contribution in [0.2, 0.25) is 0 Å². The molecular weight excluding hydrogens is 633 g/mol. The molecule has 0 N–H and O–H groups in total. The molecule has 12 rings (SSSR count). The number of aromatic nitrogens is 4. The molecule has 0 fully saturated rings. The number of hydrogen-bond acceptors (Lipinski definition) is 4. The number of nitrogens with zero attached hydrogens (tertiary/aromatic N) is 4. The summed E-state index contributed by atoms with van der Waals surface area (Å²) in [7, 11) is 0. The van der Waals surface area contributed by atoms with Crippen molar-refractivity contribution in [1.29, 1.82) is 0 Å². The van der Waals surface area contributed by atoms with Crippen molar-refractivity contribution >= 4 is 88.2 Å². The van der Waals surface area contributed by atoms with Gasteiger partial charge in [0.2, 0.25) is 5.95 Å². The number of furan rings is 1. The van der Waals surface area contributed by atoms with Crippen molar-refractivity contribution < 1.29 is 4.42 Å². The Morgan fingerprint density at radius 3 is 2.12 bits per heavy atom. The quantitative estimate of drug-likeness (QED) is 0.186. The molecule has 0 saturated heterocycles. The van der Waals surface area contributed by atoms with Crippen molar-refractivity contribution in [2.75, 3.05) is 0 Å². The van der Waals surface area contributed by atoms with Crippen LogP contribution in [0.4, 0.5) is 0 Å². The van der Waals surface area contributed by atoms with E-state index < -0.39 is 0 Å². The Balaban J connectivity index is 1.25. The molecule has 232 valence electrons. The van der Waals surface area contributed by atoms with E-state index in [0.29, 0.717) is 5.95 Å². The minimum Gasteiger partial charge on any atom is -0.454 e. The van der Waals surface area contributed by atoms with Crippen molar-refractivity contribution in [3.8, 4) is 22.9 Å². The lowest BCUT2D eigenvalue weighted by Gasteiger charge is -2.20. The molecule has 1 aliphatic heterocycles. The minimum atomic E-state index is 0.670. The average molecular weight is 657 g/mol. The van der Waals surface area contributed by atoms with Gasteiger partial charge >= 0.3 is 0 Å². The lowest BCUT2D eigenvalue weighted by atomic mass is 10.0. The smallest absolute Gasteiger partial charge is 0.235 e. The van der Waals surface area contributed by atoms with Gasteiger partial charge in [-0.15, -0.1) is 0 Å². The molecule has 0 atom stereocenters. The van der Waals surface area contributed by atoms with Crippen LogP contribution in [0.25, 0.3) is 99.3 Å². The standard InChI is InChI=1S/C44H24N4OS/c1-2-11-25(12-3-1)47-33-23-24-34-38(39(33)30-22-21-27-26-13-5-8-18-35(26)49-43(27)42(30)47)28-14-4-7-17-32(28)48(34)44-45-31-16-10-20-37-40(31)41(46-44)29-15-6-9-19-36(29)50-37/h1-24H. The topological polar surface area (TPSA) is 48.8 Å². The third-order valence-corrected chi connectivity index (χ3v) is 11.5. The van der Waals surface area contributed by atoms with Gasteiger partial charge in [0.15, 0.2) is 5.58 Å². The molecule has 0 radical (unpaired) electrons. The zero-order valence-electron chi connectivity index (χ0n) is 26.5. The summed E-state index contributed by atoms with van der Waals surface area (Å²) >= 11 is 1.79. The largest absolute Gasteiger partial charge is 0.454 e. The molecule has 0 saturated carbocycles. The van der Waals surface area contributed by atoms with Gasteiger partial charge in [0.05, 0.1) is 33.3 Å². The van der Waals surface area contributed by atoms with Gasteiger partial charge in [0.25, 0.3) is 0 Å². The van der Waals surface area contributed by atoms with E-state index in [9.17, 15) is 0 Å². The van der Waals surface area contributed by atoms with Gasteiger partial charge in [0, 0.05) is 58.7 Å². The monoisotopic (exact) mass is 656 g/mol. The first kappa shape index (κ1) is 26.6. The summed E-state index contributed by atoms with van der Waals surface area (Å²) in [6, 6.07) is 51.5. The molecule has 1 aliphatic rings. The second-order valence-electron chi connectivity index (χ2n) is 12.9. The van der Waals surface area contributed by atoms with Gasteiger partial charge in [-0.1, -0.05) is 96.7 Å². The molecule has 5 nitrogen and oxygen atoms in total. The first-order valence-electron chi connectivity index (χ1n) is 16.8. The maximum atomic E-state index is 6.69. The molecule has 11 aromatic rings. The van der Waals surface area contributed by atoms with E-state index in [4.69, 9.17) is 14.4 Å². The SMILES string of the molecule is c1ccc(-n2c3ccc4c(c5ccccc5n4-c4nc5c6c(cccc6n4)Sc4ccccc4-5)c3c3ccc4c5ccccc5oc4c32)cc1. The molecule has 0 amide bonds. The Labute approximate surface area is 289 Å². The molecule has 6 heteroatoms. The predicted octanol–water partition coefficient (Wildman–Crippen LogP) is 11.9. The lowest BCUT2D eigenvalue weighted by Crippen LogP contribution is -2.05. The van der Waals surface area contributed by atoms with Crippen LogP contribution in [0.5, 0.6) is 0 Å². The highest BCUT2D eigenvalue weighted by Crippen LogP contribution is 2.48. The zero-order chi connectivity index (χ0) is 32.5. The van der Waals surface area contributed by atoms with Gasteiger partial charge in [-0.05, 0) is 60.7 Å². The van der Waals surface area contributed by atoms with Crippen molar-refractivity contribution in [1.82, 2.24) is 19.1 Å². The predicted molar refractivity (Wildman–Crippen MR) is 205 cm³/mol. The fourth-order valence-electron chi connectivity index (χ4n) is 8.28. The molecule has 7 aromatic carbocycles. The maximum Gasteiger partial charge on any atom is 0.235 e. The minimum absolute atomic E-state index is 0.670. The van der Waals surface area contributed by atoms with Crippen LogP contribution < -0.4 is 0 Å². The Bertz CT molecular complexity index is 3240. The molecule has 5 heterocycles. The second kappa shape index (κ2) is 9.62. The van der Waals surface area contributed by atoms with E-state index >= 15 is 0 Å². The fourth-order valence-corrected chi connectivity index (χ4v) is 9.39. The highest BCUT2D eigenvalue weighted by atomic mass is 32.2. The van der Waals surface area contributed by atoms with E-state index in [-0.39, 0.29) is 0 Å². The Morgan fingerprint density at radius 2 is 1.20 bits per heavy atom. The van der Waals surface area contributed by atoms with Crippen LogP contribution in [-0.4, -0.2) is 19.1 Å². The third-order valence-electron chi connectivity index (χ3n) is 10.3. The first-order chi connectivity index (χ1) is 24.8. The summed E-state index contributed by atoms with van der Waals surface area (Å²) in [6.45, 7) is 0. The normalized spacial score (nSPS) is 12.7. The summed E-state index contributed by atoms with van der Waals surface area (Å²) < 4.78 is 11.3. The third kappa shape index (κ3) is 3.38. The van der Waals surface area contributed by atoms with Gasteiger partial charge in [-0.2, -0.15) is 0 Å². The van der Waals surface area contributed by atoms with Crippen molar-refractivity contribution in [3.63, 3.8) is 0 Å². The van der Waals surface area contributed by atoms with Gasteiger partial charge in [-0.25, -0.2) is 9.97 Å². The summed E-state index contributed by atoms with van der Waals surface area (Å²) in [4.78, 5) is 13.1. The highest BCUT2D eigenvalue weighted by Gasteiger charge is 2.26. The van der Waals surface area contributed by atoms with Gasteiger partial charge in [0.1, 0.15) is 5.58 Å². The molecule has 50 heavy (non-hydrogen) atoms. The van der Waals surface area contributed by atoms with Crippen LogP contribution in [0.1, 0.15) is 0 Å². The Hall–Kier alpha value is -6.37. The summed E-state index contributed by atoms with van der Waals surface area (Å²) in [5.41, 5.74) is 10.3. The van der Waals surface area contributed by atoms with Crippen molar-refractivity contribution in [2.24, 2.45) is 0 Å². The number of rotatable bonds is 2. The molecule has 0 aliphatic carbocycles. The second-order valence-corrected chi connectivity index (χ2v) is 14.0. The number of hydrogen-bond donors (Lipinski definition) is 0. The maximum absolute atomic E-state index is 6.69. The van der Waals surface area contributed by atoms with Crippen LogP contribution in [-0.2, 0) is 0 Å². The zero-order valence-corrected chi connectivity index (χ0v) is 27.3. The van der Waals surface area contributed by atoms with E-state index in [1.54, 1.807) is 11.8 Å². The van der Waals surface area contributed by atoms with Crippen LogP contribution >= 0.6 is 11.8 Å². The van der Waals surface area contributed by atoms with Crippen LogP contribution in [0.15, 0.2) is 160 Å². The summed E-state index contributed by atoms with van der Waals surface area (Å²) in [5, 5.41) is 8.02. The number of para-hydroxylation sites is 3. The molecule has 0 spiro atoms. The molecule has 0 unspecified atom stereocenters. The van der Waals surface area contributed by atoms with Crippen molar-refractivity contribution in [3.05, 3.63) is 146 Å². The summed E-state index contributed by atoms with van der Waals surface area (Å²) in [5.74, 6) is 0.670. The van der Waals surface area contributed by atoms with E-state index in [2.05, 4.69) is 149 Å². The fraction of sp³-hybridized carbons (Fsp3) is 0. The van der Waals surface area contributed by atoms with Crippen molar-refractivity contribution in [2.45, 2.75) is 9.79 Å². The van der Waals surface area contributed by atoms with Crippen LogP contribution in [0, 0.1) is 0 Å². The molecular formula is C44H24N4OS. The highest BCUT2D eigenvalue weighted by molar-refractivity contribution is 7.99. The summed E-state index contributed by atoms with van der Waals surface area (Å²) in [6.07, 6.45) is 0. The van der Waals surface area contributed by atoms with E-state index in [0.717, 1.165) is 82.6 Å². The van der Waals surface area contributed by atoms with Gasteiger partial charge in [-0.3, -0.25) is 4.57 Å². The first-order valence-corrected chi connectivity index (χ1v) is 17.6. The lowest BCUT2D eigenvalue weighted by molar-refractivity contribution is 0.671. The Morgan fingerprint density at radius 1 is 0.480 bits per heavy atom. The van der Waals surface area contributed by atoms with Crippen LogP contribution in [0.3, 0.4) is 0 Å². The molecule has 4 aromatic heterocycles.